The number of hydrogen-bond donors (Lipinski definition) is 1. The molecule has 120 valence electrons. The molecule has 1 atom stereocenters. The van der Waals surface area contributed by atoms with Gasteiger partial charge in [0.1, 0.15) is 0 Å². The molecule has 0 saturated heterocycles. The Morgan fingerprint density at radius 2 is 1.88 bits per heavy atom. The van der Waals surface area contributed by atoms with Gasteiger partial charge in [0.2, 0.25) is 5.72 Å². The van der Waals surface area contributed by atoms with Gasteiger partial charge >= 0.3 is 0 Å². The van der Waals surface area contributed by atoms with Crippen molar-refractivity contribution in [2.24, 2.45) is 4.99 Å². The van der Waals surface area contributed by atoms with E-state index >= 15 is 0 Å². The number of aromatic nitrogens is 2. The van der Waals surface area contributed by atoms with Crippen molar-refractivity contribution in [3.8, 4) is 5.69 Å². The van der Waals surface area contributed by atoms with E-state index in [1.54, 1.807) is 6.92 Å². The molecule has 1 N–H and O–H groups in total. The van der Waals surface area contributed by atoms with Crippen molar-refractivity contribution in [2.45, 2.75) is 19.6 Å². The van der Waals surface area contributed by atoms with Gasteiger partial charge in [0.05, 0.1) is 17.1 Å². The fourth-order valence-corrected chi connectivity index (χ4v) is 3.24. The lowest BCUT2D eigenvalue weighted by atomic mass is 10.0. The van der Waals surface area contributed by atoms with Gasteiger partial charge in [-0.25, -0.2) is 9.98 Å². The van der Waals surface area contributed by atoms with Crippen molar-refractivity contribution in [1.29, 1.82) is 0 Å². The number of fused-ring (bicyclic) bond motifs is 3. The number of rotatable bonds is 1. The monoisotopic (exact) mass is 337 g/mol. The number of hydrogen-bond acceptors (Lipinski definition) is 3. The molecule has 2 aromatic carbocycles. The lowest BCUT2D eigenvalue weighted by molar-refractivity contribution is 0.0571. The van der Waals surface area contributed by atoms with Crippen LogP contribution in [0.4, 0.5) is 0 Å². The highest BCUT2D eigenvalue weighted by Gasteiger charge is 2.34. The molecule has 1 unspecified atom stereocenters. The topological polar surface area (TPSA) is 50.4 Å². The molecule has 4 rings (SSSR count). The molecular weight excluding hydrogens is 322 g/mol. The van der Waals surface area contributed by atoms with Crippen LogP contribution in [-0.2, 0) is 5.72 Å². The van der Waals surface area contributed by atoms with Crippen LogP contribution in [0, 0.1) is 6.92 Å². The molecule has 0 saturated carbocycles. The van der Waals surface area contributed by atoms with Crippen LogP contribution < -0.4 is 0 Å². The standard InChI is InChI=1S/C19H16ClN3O/c1-12-11-23-16-9-8-14(20)10-15(16)17(13-6-4-3-5-7-13)22-19(2,24)18(23)21-12/h3-11,24H,1-2H3. The van der Waals surface area contributed by atoms with Crippen LogP contribution in [0.2, 0.25) is 5.02 Å². The minimum Gasteiger partial charge on any atom is -0.363 e. The van der Waals surface area contributed by atoms with Gasteiger partial charge in [0.25, 0.3) is 0 Å². The maximum absolute atomic E-state index is 11.0. The fraction of sp³-hybridized carbons (Fsp3) is 0.158. The quantitative estimate of drug-likeness (QED) is 0.733. The first-order valence-electron chi connectivity index (χ1n) is 7.70. The summed E-state index contributed by atoms with van der Waals surface area (Å²) in [4.78, 5) is 9.13. The Hall–Kier alpha value is -2.43. The van der Waals surface area contributed by atoms with E-state index < -0.39 is 5.72 Å². The second-order valence-corrected chi connectivity index (χ2v) is 6.52. The molecule has 1 aromatic heterocycles. The summed E-state index contributed by atoms with van der Waals surface area (Å²) >= 11 is 6.24. The highest BCUT2D eigenvalue weighted by Crippen LogP contribution is 2.34. The molecule has 3 aromatic rings. The Labute approximate surface area is 145 Å². The van der Waals surface area contributed by atoms with Crippen LogP contribution in [-0.4, -0.2) is 20.4 Å². The van der Waals surface area contributed by atoms with Crippen LogP contribution in [0.1, 0.15) is 29.6 Å². The number of halogens is 1. The lowest BCUT2D eigenvalue weighted by Crippen LogP contribution is -2.23. The van der Waals surface area contributed by atoms with E-state index in [0.717, 1.165) is 22.5 Å². The van der Waals surface area contributed by atoms with Gasteiger partial charge in [0, 0.05) is 22.3 Å². The molecule has 0 amide bonds. The molecule has 2 heterocycles. The number of imidazole rings is 1. The first-order chi connectivity index (χ1) is 11.5. The molecule has 1 aliphatic rings. The zero-order valence-corrected chi connectivity index (χ0v) is 14.1. The molecule has 0 fully saturated rings. The van der Waals surface area contributed by atoms with Crippen molar-refractivity contribution < 1.29 is 5.11 Å². The maximum Gasteiger partial charge on any atom is 0.213 e. The van der Waals surface area contributed by atoms with Crippen molar-refractivity contribution in [2.75, 3.05) is 0 Å². The highest BCUT2D eigenvalue weighted by atomic mass is 35.5. The smallest absolute Gasteiger partial charge is 0.213 e. The number of aliphatic hydroxyl groups is 1. The van der Waals surface area contributed by atoms with E-state index in [4.69, 9.17) is 11.6 Å². The molecule has 0 radical (unpaired) electrons. The van der Waals surface area contributed by atoms with Crippen molar-refractivity contribution in [3.63, 3.8) is 0 Å². The summed E-state index contributed by atoms with van der Waals surface area (Å²) in [5.74, 6) is 0.495. The molecule has 4 nitrogen and oxygen atoms in total. The Morgan fingerprint density at radius 1 is 1.12 bits per heavy atom. The number of aliphatic imine (C=N–C) groups is 1. The predicted octanol–water partition coefficient (Wildman–Crippen LogP) is 3.85. The van der Waals surface area contributed by atoms with Gasteiger partial charge in [0.15, 0.2) is 5.82 Å². The summed E-state index contributed by atoms with van der Waals surface area (Å²) in [6.45, 7) is 3.55. The average Bonchev–Trinajstić information content (AvgIpc) is 2.93. The SMILES string of the molecule is Cc1cn2c(n1)C(C)(O)N=C(c1ccccc1)c1cc(Cl)ccc1-2. The van der Waals surface area contributed by atoms with Gasteiger partial charge in [-0.2, -0.15) is 0 Å². The summed E-state index contributed by atoms with van der Waals surface area (Å²) in [7, 11) is 0. The minimum absolute atomic E-state index is 0.495. The summed E-state index contributed by atoms with van der Waals surface area (Å²) in [5.41, 5.74) is 2.76. The number of nitrogens with zero attached hydrogens (tertiary/aromatic N) is 3. The van der Waals surface area contributed by atoms with Crippen LogP contribution in [0.3, 0.4) is 0 Å². The third-order valence-electron chi connectivity index (χ3n) is 4.10. The summed E-state index contributed by atoms with van der Waals surface area (Å²) in [6, 6.07) is 15.4. The van der Waals surface area contributed by atoms with Crippen LogP contribution in [0.5, 0.6) is 0 Å². The van der Waals surface area contributed by atoms with E-state index in [2.05, 4.69) is 9.98 Å². The van der Waals surface area contributed by atoms with Gasteiger partial charge in [-0.1, -0.05) is 41.9 Å². The van der Waals surface area contributed by atoms with Gasteiger partial charge in [-0.15, -0.1) is 0 Å². The van der Waals surface area contributed by atoms with E-state index in [1.165, 1.54) is 0 Å². The molecule has 0 aliphatic carbocycles. The van der Waals surface area contributed by atoms with E-state index in [9.17, 15) is 5.11 Å². The molecule has 24 heavy (non-hydrogen) atoms. The van der Waals surface area contributed by atoms with E-state index in [-0.39, 0.29) is 0 Å². The molecule has 0 bridgehead atoms. The van der Waals surface area contributed by atoms with Crippen LogP contribution in [0.15, 0.2) is 59.7 Å². The van der Waals surface area contributed by atoms with Gasteiger partial charge in [-0.05, 0) is 32.0 Å². The van der Waals surface area contributed by atoms with Gasteiger partial charge in [-0.3, -0.25) is 4.57 Å². The predicted molar refractivity (Wildman–Crippen MR) is 95.0 cm³/mol. The van der Waals surface area contributed by atoms with Crippen molar-refractivity contribution in [1.82, 2.24) is 9.55 Å². The van der Waals surface area contributed by atoms with Crippen molar-refractivity contribution in [3.05, 3.63) is 82.4 Å². The molecule has 0 spiro atoms. The van der Waals surface area contributed by atoms with Crippen LogP contribution >= 0.6 is 11.6 Å². The first kappa shape index (κ1) is 15.1. The molecule has 5 heteroatoms. The zero-order valence-electron chi connectivity index (χ0n) is 13.4. The second kappa shape index (κ2) is 5.30. The third-order valence-corrected chi connectivity index (χ3v) is 4.34. The van der Waals surface area contributed by atoms with Crippen molar-refractivity contribution >= 4 is 17.3 Å². The highest BCUT2D eigenvalue weighted by molar-refractivity contribution is 6.31. The third kappa shape index (κ3) is 2.35. The molecular formula is C19H16ClN3O. The van der Waals surface area contributed by atoms with Crippen LogP contribution in [0.25, 0.3) is 5.69 Å². The Balaban J connectivity index is 2.09. The normalized spacial score (nSPS) is 19.2. The lowest BCUT2D eigenvalue weighted by Gasteiger charge is -2.17. The minimum atomic E-state index is -1.44. The summed E-state index contributed by atoms with van der Waals surface area (Å²) in [5, 5.41) is 11.6. The zero-order chi connectivity index (χ0) is 16.9. The average molecular weight is 338 g/mol. The molecule has 1 aliphatic heterocycles. The Bertz CT molecular complexity index is 958. The van der Waals surface area contributed by atoms with Gasteiger partial charge < -0.3 is 5.11 Å². The Kier molecular flexibility index (Phi) is 3.34. The second-order valence-electron chi connectivity index (χ2n) is 6.08. The summed E-state index contributed by atoms with van der Waals surface area (Å²) in [6.07, 6.45) is 1.90. The van der Waals surface area contributed by atoms with E-state index in [0.29, 0.717) is 16.6 Å². The first-order valence-corrected chi connectivity index (χ1v) is 8.08. The van der Waals surface area contributed by atoms with E-state index in [1.807, 2.05) is 66.2 Å². The summed E-state index contributed by atoms with van der Waals surface area (Å²) < 4.78 is 1.89. The largest absolute Gasteiger partial charge is 0.363 e. The number of aryl methyl sites for hydroxylation is 1. The fourth-order valence-electron chi connectivity index (χ4n) is 3.07. The maximum atomic E-state index is 11.0. The number of benzene rings is 2. The Morgan fingerprint density at radius 3 is 2.62 bits per heavy atom.